The van der Waals surface area contributed by atoms with E-state index in [0.29, 0.717) is 27.4 Å². The summed E-state index contributed by atoms with van der Waals surface area (Å²) in [6.45, 7) is 0. The molecule has 30 heavy (non-hydrogen) atoms. The predicted molar refractivity (Wildman–Crippen MR) is 113 cm³/mol. The number of hydrogen-bond donors (Lipinski definition) is 1. The van der Waals surface area contributed by atoms with Crippen LogP contribution in [0.2, 0.25) is 0 Å². The summed E-state index contributed by atoms with van der Waals surface area (Å²) >= 11 is 1.06. The van der Waals surface area contributed by atoms with E-state index in [9.17, 15) is 18.4 Å². The Morgan fingerprint density at radius 3 is 2.50 bits per heavy atom. The molecule has 1 aromatic heterocycles. The zero-order valence-electron chi connectivity index (χ0n) is 15.5. The summed E-state index contributed by atoms with van der Waals surface area (Å²) < 4.78 is 28.0. The number of anilines is 1. The molecule has 0 atom stereocenters. The molecule has 150 valence electrons. The number of carbonyl (C=O) groups is 1. The quantitative estimate of drug-likeness (QED) is 0.382. The minimum absolute atomic E-state index is 0.0531. The van der Waals surface area contributed by atoms with Crippen LogP contribution in [0.4, 0.5) is 14.5 Å². The minimum Gasteiger partial charge on any atom is -0.325 e. The number of nitrogens with zero attached hydrogens (tertiary/aromatic N) is 2. The van der Waals surface area contributed by atoms with Gasteiger partial charge in [-0.2, -0.15) is 0 Å². The van der Waals surface area contributed by atoms with Gasteiger partial charge >= 0.3 is 0 Å². The van der Waals surface area contributed by atoms with Gasteiger partial charge < -0.3 is 5.32 Å². The highest BCUT2D eigenvalue weighted by Gasteiger charge is 2.15. The molecule has 0 aliphatic rings. The van der Waals surface area contributed by atoms with Crippen molar-refractivity contribution in [1.29, 1.82) is 0 Å². The Bertz CT molecular complexity index is 1290. The Kier molecular flexibility index (Phi) is 5.58. The molecular weight excluding hydrogens is 408 g/mol. The van der Waals surface area contributed by atoms with Crippen molar-refractivity contribution < 1.29 is 13.6 Å². The highest BCUT2D eigenvalue weighted by Crippen LogP contribution is 2.22. The predicted octanol–water partition coefficient (Wildman–Crippen LogP) is 4.39. The number of nitrogens with one attached hydrogen (secondary N) is 1. The topological polar surface area (TPSA) is 64.0 Å². The van der Waals surface area contributed by atoms with E-state index in [1.165, 1.54) is 47.0 Å². The second kappa shape index (κ2) is 8.46. The largest absolute Gasteiger partial charge is 0.325 e. The van der Waals surface area contributed by atoms with Crippen LogP contribution in [0, 0.1) is 11.6 Å². The van der Waals surface area contributed by atoms with E-state index in [1.54, 1.807) is 30.3 Å². The lowest BCUT2D eigenvalue weighted by Gasteiger charge is -2.13. The van der Waals surface area contributed by atoms with E-state index >= 15 is 0 Å². The molecule has 4 rings (SSSR count). The van der Waals surface area contributed by atoms with Gasteiger partial charge in [0.15, 0.2) is 5.16 Å². The number of para-hydroxylation sites is 1. The molecular formula is C22H15F2N3O2S. The lowest BCUT2D eigenvalue weighted by atomic mass is 10.2. The molecule has 0 saturated heterocycles. The zero-order chi connectivity index (χ0) is 21.1. The normalized spacial score (nSPS) is 10.9. The number of halogens is 2. The van der Waals surface area contributed by atoms with Crippen LogP contribution < -0.4 is 10.9 Å². The Hall–Kier alpha value is -3.52. The van der Waals surface area contributed by atoms with Gasteiger partial charge in [0.05, 0.1) is 22.3 Å². The van der Waals surface area contributed by atoms with Crippen molar-refractivity contribution in [3.63, 3.8) is 0 Å². The van der Waals surface area contributed by atoms with Crippen LogP contribution in [0.3, 0.4) is 0 Å². The average Bonchev–Trinajstić information content (AvgIpc) is 2.73. The number of hydrogen-bond acceptors (Lipinski definition) is 4. The maximum atomic E-state index is 13.4. The lowest BCUT2D eigenvalue weighted by Crippen LogP contribution is -2.23. The van der Waals surface area contributed by atoms with Crippen molar-refractivity contribution in [3.05, 3.63) is 94.8 Å². The summed E-state index contributed by atoms with van der Waals surface area (Å²) in [5.74, 6) is -1.31. The molecule has 0 spiro atoms. The molecule has 0 fully saturated rings. The molecule has 3 aromatic carbocycles. The van der Waals surface area contributed by atoms with Crippen molar-refractivity contribution in [2.45, 2.75) is 5.16 Å². The van der Waals surface area contributed by atoms with Crippen LogP contribution in [0.15, 0.2) is 82.7 Å². The van der Waals surface area contributed by atoms with Crippen molar-refractivity contribution >= 4 is 34.3 Å². The van der Waals surface area contributed by atoms with Crippen molar-refractivity contribution in [2.75, 3.05) is 11.1 Å². The Labute approximate surface area is 174 Å². The summed E-state index contributed by atoms with van der Waals surface area (Å²) in [5, 5.41) is 3.31. The van der Waals surface area contributed by atoms with Crippen LogP contribution in [0.25, 0.3) is 16.6 Å². The van der Waals surface area contributed by atoms with Crippen molar-refractivity contribution in [2.24, 2.45) is 0 Å². The van der Waals surface area contributed by atoms with Crippen molar-refractivity contribution in [1.82, 2.24) is 9.55 Å². The summed E-state index contributed by atoms with van der Waals surface area (Å²) in [4.78, 5) is 29.9. The first kappa shape index (κ1) is 19.8. The molecule has 1 amide bonds. The monoisotopic (exact) mass is 423 g/mol. The lowest BCUT2D eigenvalue weighted by molar-refractivity contribution is -0.113. The molecule has 0 radical (unpaired) electrons. The van der Waals surface area contributed by atoms with Gasteiger partial charge in [-0.3, -0.25) is 14.2 Å². The third-order valence-corrected chi connectivity index (χ3v) is 5.21. The van der Waals surface area contributed by atoms with Gasteiger partial charge in [0, 0.05) is 5.69 Å². The first-order valence-corrected chi connectivity index (χ1v) is 9.96. The Morgan fingerprint density at radius 1 is 0.967 bits per heavy atom. The van der Waals surface area contributed by atoms with Gasteiger partial charge in [-0.1, -0.05) is 30.0 Å². The molecule has 0 aliphatic heterocycles. The number of thioether (sulfide) groups is 1. The van der Waals surface area contributed by atoms with Gasteiger partial charge in [0.1, 0.15) is 11.6 Å². The number of aromatic nitrogens is 2. The summed E-state index contributed by atoms with van der Waals surface area (Å²) in [5.41, 5.74) is 0.949. The molecule has 8 heteroatoms. The SMILES string of the molecule is O=C(CSc1nc2ccccc2c(=O)n1-c1ccc(F)cc1)Nc1cccc(F)c1. The number of carbonyl (C=O) groups excluding carboxylic acids is 1. The average molecular weight is 423 g/mol. The van der Waals surface area contributed by atoms with E-state index in [4.69, 9.17) is 0 Å². The van der Waals surface area contributed by atoms with Gasteiger partial charge in [-0.25, -0.2) is 13.8 Å². The molecule has 0 bridgehead atoms. The van der Waals surface area contributed by atoms with E-state index in [1.807, 2.05) is 0 Å². The molecule has 5 nitrogen and oxygen atoms in total. The molecule has 0 saturated carbocycles. The maximum absolute atomic E-state index is 13.4. The van der Waals surface area contributed by atoms with Gasteiger partial charge in [-0.05, 0) is 54.6 Å². The summed E-state index contributed by atoms with van der Waals surface area (Å²) in [7, 11) is 0. The number of rotatable bonds is 5. The standard InChI is InChI=1S/C22H15F2N3O2S/c23-14-8-10-17(11-9-14)27-21(29)18-6-1-2-7-19(18)26-22(27)30-13-20(28)25-16-5-3-4-15(24)12-16/h1-12H,13H2,(H,25,28). The van der Waals surface area contributed by atoms with Crippen LogP contribution in [-0.2, 0) is 4.79 Å². The van der Waals surface area contributed by atoms with E-state index in [-0.39, 0.29) is 17.2 Å². The molecule has 4 aromatic rings. The van der Waals surface area contributed by atoms with E-state index in [0.717, 1.165) is 11.8 Å². The van der Waals surface area contributed by atoms with Gasteiger partial charge in [0.25, 0.3) is 5.56 Å². The van der Waals surface area contributed by atoms with Crippen LogP contribution in [0.1, 0.15) is 0 Å². The number of benzene rings is 3. The summed E-state index contributed by atoms with van der Waals surface area (Å²) in [6, 6.07) is 17.9. The zero-order valence-corrected chi connectivity index (χ0v) is 16.3. The second-order valence-corrected chi connectivity index (χ2v) is 7.32. The molecule has 1 heterocycles. The second-order valence-electron chi connectivity index (χ2n) is 6.38. The van der Waals surface area contributed by atoms with Crippen LogP contribution >= 0.6 is 11.8 Å². The first-order valence-electron chi connectivity index (χ1n) is 8.97. The molecule has 0 unspecified atom stereocenters. The fraction of sp³-hybridized carbons (Fsp3) is 0.0455. The van der Waals surface area contributed by atoms with Crippen LogP contribution in [-0.4, -0.2) is 21.2 Å². The van der Waals surface area contributed by atoms with Crippen molar-refractivity contribution in [3.8, 4) is 5.69 Å². The number of amides is 1. The van der Waals surface area contributed by atoms with Crippen LogP contribution in [0.5, 0.6) is 0 Å². The van der Waals surface area contributed by atoms with Gasteiger partial charge in [0.2, 0.25) is 5.91 Å². The smallest absolute Gasteiger partial charge is 0.266 e. The molecule has 1 N–H and O–H groups in total. The highest BCUT2D eigenvalue weighted by atomic mass is 32.2. The Morgan fingerprint density at radius 2 is 1.73 bits per heavy atom. The van der Waals surface area contributed by atoms with E-state index < -0.39 is 11.6 Å². The highest BCUT2D eigenvalue weighted by molar-refractivity contribution is 7.99. The fourth-order valence-corrected chi connectivity index (χ4v) is 3.73. The minimum atomic E-state index is -0.457. The third kappa shape index (κ3) is 4.23. The van der Waals surface area contributed by atoms with E-state index in [2.05, 4.69) is 10.3 Å². The summed E-state index contributed by atoms with van der Waals surface area (Å²) in [6.07, 6.45) is 0. The number of fused-ring (bicyclic) bond motifs is 1. The van der Waals surface area contributed by atoms with Gasteiger partial charge in [-0.15, -0.1) is 0 Å². The Balaban J connectivity index is 1.67. The third-order valence-electron chi connectivity index (χ3n) is 4.27. The molecule has 0 aliphatic carbocycles. The maximum Gasteiger partial charge on any atom is 0.266 e. The fourth-order valence-electron chi connectivity index (χ4n) is 2.92. The first-order chi connectivity index (χ1) is 14.5.